The van der Waals surface area contributed by atoms with Gasteiger partial charge in [0.05, 0.1) is 0 Å². The normalized spacial score (nSPS) is 15.7. The van der Waals surface area contributed by atoms with E-state index in [0.717, 1.165) is 31.5 Å². The van der Waals surface area contributed by atoms with Crippen LogP contribution in [0.2, 0.25) is 0 Å². The number of hydrogen-bond acceptors (Lipinski definition) is 3. The van der Waals surface area contributed by atoms with Gasteiger partial charge >= 0.3 is 0 Å². The van der Waals surface area contributed by atoms with E-state index in [1.165, 1.54) is 0 Å². The molecule has 5 heteroatoms. The smallest absolute Gasteiger partial charge is 0.284 e. The molecule has 0 spiro atoms. The van der Waals surface area contributed by atoms with Gasteiger partial charge in [0.2, 0.25) is 12.2 Å². The van der Waals surface area contributed by atoms with E-state index in [2.05, 4.69) is 5.32 Å². The summed E-state index contributed by atoms with van der Waals surface area (Å²) in [4.78, 5) is 35.9. The summed E-state index contributed by atoms with van der Waals surface area (Å²) < 4.78 is 0. The lowest BCUT2D eigenvalue weighted by atomic mass is 10.0. The van der Waals surface area contributed by atoms with Crippen molar-refractivity contribution in [2.75, 3.05) is 13.1 Å². The second kappa shape index (κ2) is 6.84. The average molecular weight is 274 g/mol. The van der Waals surface area contributed by atoms with Gasteiger partial charge in [0.15, 0.2) is 0 Å². The molecule has 2 rings (SSSR count). The van der Waals surface area contributed by atoms with Crippen molar-refractivity contribution in [1.29, 1.82) is 0 Å². The summed E-state index contributed by atoms with van der Waals surface area (Å²) in [7, 11) is 0. The Hall–Kier alpha value is -2.17. The van der Waals surface area contributed by atoms with Gasteiger partial charge in [-0.15, -0.1) is 0 Å². The second-order valence-electron chi connectivity index (χ2n) is 4.90. The number of rotatable bonds is 5. The number of carbonyl (C=O) groups excluding carboxylic acids is 3. The average Bonchev–Trinajstić information content (AvgIpc) is 3.01. The molecule has 5 nitrogen and oxygen atoms in total. The summed E-state index contributed by atoms with van der Waals surface area (Å²) >= 11 is 0. The maximum atomic E-state index is 12.4. The Bertz CT molecular complexity index is 481. The third-order valence-electron chi connectivity index (χ3n) is 3.42. The molecule has 1 aromatic carbocycles. The summed E-state index contributed by atoms with van der Waals surface area (Å²) in [5, 5.41) is 2.49. The minimum atomic E-state index is -0.751. The van der Waals surface area contributed by atoms with Gasteiger partial charge in [-0.05, 0) is 18.4 Å². The van der Waals surface area contributed by atoms with Gasteiger partial charge in [-0.3, -0.25) is 14.4 Å². The number of aldehydes is 1. The van der Waals surface area contributed by atoms with Gasteiger partial charge in [0, 0.05) is 19.5 Å². The number of hydrogen-bond donors (Lipinski definition) is 1. The zero-order valence-electron chi connectivity index (χ0n) is 11.2. The summed E-state index contributed by atoms with van der Waals surface area (Å²) in [6.45, 7) is 1.45. The number of carbonyl (C=O) groups is 3. The lowest BCUT2D eigenvalue weighted by Crippen LogP contribution is -2.49. The molecule has 1 saturated heterocycles. The molecule has 0 aromatic heterocycles. The van der Waals surface area contributed by atoms with E-state index in [4.69, 9.17) is 0 Å². The Morgan fingerprint density at radius 3 is 2.45 bits per heavy atom. The standard InChI is InChI=1S/C15H18N2O3/c18-11-14(19)16-13(10-12-6-2-1-3-7-12)15(20)17-8-4-5-9-17/h1-3,6-7,11,13H,4-5,8-10H2,(H,16,19). The highest BCUT2D eigenvalue weighted by atomic mass is 16.2. The zero-order valence-corrected chi connectivity index (χ0v) is 11.2. The summed E-state index contributed by atoms with van der Waals surface area (Å²) in [5.41, 5.74) is 0.955. The Labute approximate surface area is 118 Å². The lowest BCUT2D eigenvalue weighted by molar-refractivity contribution is -0.137. The van der Waals surface area contributed by atoms with Gasteiger partial charge in [-0.1, -0.05) is 30.3 Å². The molecule has 0 aliphatic carbocycles. The molecule has 1 aliphatic heterocycles. The predicted octanol–water partition coefficient (Wildman–Crippen LogP) is 0.535. The number of nitrogens with zero attached hydrogens (tertiary/aromatic N) is 1. The van der Waals surface area contributed by atoms with Crippen LogP contribution < -0.4 is 5.32 Å². The molecule has 1 aromatic rings. The Balaban J connectivity index is 2.09. The molecule has 1 atom stereocenters. The van der Waals surface area contributed by atoms with E-state index in [9.17, 15) is 14.4 Å². The van der Waals surface area contributed by atoms with Gasteiger partial charge in [0.25, 0.3) is 5.91 Å². The Morgan fingerprint density at radius 2 is 1.85 bits per heavy atom. The first-order valence-corrected chi connectivity index (χ1v) is 6.79. The van der Waals surface area contributed by atoms with Crippen molar-refractivity contribution in [1.82, 2.24) is 10.2 Å². The number of likely N-dealkylation sites (tertiary alicyclic amines) is 1. The highest BCUT2D eigenvalue weighted by molar-refractivity contribution is 6.24. The van der Waals surface area contributed by atoms with Crippen LogP contribution in [0.3, 0.4) is 0 Å². The predicted molar refractivity (Wildman–Crippen MR) is 74.0 cm³/mol. The van der Waals surface area contributed by atoms with Crippen LogP contribution in [-0.4, -0.2) is 42.1 Å². The molecule has 1 aliphatic rings. The van der Waals surface area contributed by atoms with Crippen LogP contribution in [0.15, 0.2) is 30.3 Å². The van der Waals surface area contributed by atoms with Crippen molar-refractivity contribution in [2.45, 2.75) is 25.3 Å². The van der Waals surface area contributed by atoms with E-state index in [1.807, 2.05) is 30.3 Å². The highest BCUT2D eigenvalue weighted by Gasteiger charge is 2.27. The first-order chi connectivity index (χ1) is 9.70. The first kappa shape index (κ1) is 14.2. The van der Waals surface area contributed by atoms with Crippen LogP contribution in [0, 0.1) is 0 Å². The summed E-state index contributed by atoms with van der Waals surface area (Å²) in [6.07, 6.45) is 2.59. The Morgan fingerprint density at radius 1 is 1.20 bits per heavy atom. The van der Waals surface area contributed by atoms with E-state index < -0.39 is 11.9 Å². The maximum absolute atomic E-state index is 12.4. The third kappa shape index (κ3) is 3.66. The topological polar surface area (TPSA) is 66.5 Å². The molecule has 1 fully saturated rings. The summed E-state index contributed by atoms with van der Waals surface area (Å²) in [5.74, 6) is -0.861. The van der Waals surface area contributed by atoms with E-state index >= 15 is 0 Å². The van der Waals surface area contributed by atoms with E-state index in [0.29, 0.717) is 6.42 Å². The maximum Gasteiger partial charge on any atom is 0.284 e. The summed E-state index contributed by atoms with van der Waals surface area (Å²) in [6, 6.07) is 8.79. The molecule has 1 heterocycles. The second-order valence-corrected chi connectivity index (χ2v) is 4.90. The van der Waals surface area contributed by atoms with E-state index in [1.54, 1.807) is 4.90 Å². The van der Waals surface area contributed by atoms with Gasteiger partial charge in [-0.2, -0.15) is 0 Å². The van der Waals surface area contributed by atoms with Crippen molar-refractivity contribution >= 4 is 18.1 Å². The third-order valence-corrected chi connectivity index (χ3v) is 3.42. The minimum Gasteiger partial charge on any atom is -0.341 e. The van der Waals surface area contributed by atoms with Crippen molar-refractivity contribution < 1.29 is 14.4 Å². The lowest BCUT2D eigenvalue weighted by Gasteiger charge is -2.23. The van der Waals surface area contributed by atoms with Gasteiger partial charge in [-0.25, -0.2) is 0 Å². The number of nitrogens with one attached hydrogen (secondary N) is 1. The molecule has 0 radical (unpaired) electrons. The first-order valence-electron chi connectivity index (χ1n) is 6.79. The van der Waals surface area contributed by atoms with Crippen LogP contribution in [-0.2, 0) is 20.8 Å². The van der Waals surface area contributed by atoms with Crippen molar-refractivity contribution in [3.8, 4) is 0 Å². The van der Waals surface area contributed by atoms with Crippen LogP contribution in [0.25, 0.3) is 0 Å². The van der Waals surface area contributed by atoms with Gasteiger partial charge in [0.1, 0.15) is 6.04 Å². The SMILES string of the molecule is O=CC(=O)NC(Cc1ccccc1)C(=O)N1CCCC1. The van der Waals surface area contributed by atoms with Crippen molar-refractivity contribution in [3.05, 3.63) is 35.9 Å². The molecule has 0 saturated carbocycles. The fraction of sp³-hybridized carbons (Fsp3) is 0.400. The Kier molecular flexibility index (Phi) is 4.87. The largest absolute Gasteiger partial charge is 0.341 e. The fourth-order valence-electron chi connectivity index (χ4n) is 2.41. The molecule has 2 amide bonds. The molecule has 0 bridgehead atoms. The molecular formula is C15H18N2O3. The van der Waals surface area contributed by atoms with Crippen molar-refractivity contribution in [2.24, 2.45) is 0 Å². The van der Waals surface area contributed by atoms with Crippen LogP contribution in [0.5, 0.6) is 0 Å². The van der Waals surface area contributed by atoms with Crippen molar-refractivity contribution in [3.63, 3.8) is 0 Å². The highest BCUT2D eigenvalue weighted by Crippen LogP contribution is 2.12. The zero-order chi connectivity index (χ0) is 14.4. The van der Waals surface area contributed by atoms with E-state index in [-0.39, 0.29) is 12.2 Å². The molecular weight excluding hydrogens is 256 g/mol. The van der Waals surface area contributed by atoms with Crippen LogP contribution in [0.1, 0.15) is 18.4 Å². The molecule has 20 heavy (non-hydrogen) atoms. The molecule has 1 unspecified atom stereocenters. The number of amides is 2. The molecule has 106 valence electrons. The monoisotopic (exact) mass is 274 g/mol. The minimum absolute atomic E-state index is 0.110. The fourth-order valence-corrected chi connectivity index (χ4v) is 2.41. The van der Waals surface area contributed by atoms with Crippen LogP contribution in [0.4, 0.5) is 0 Å². The molecule has 1 N–H and O–H groups in total. The van der Waals surface area contributed by atoms with Crippen LogP contribution >= 0.6 is 0 Å². The van der Waals surface area contributed by atoms with Gasteiger partial charge < -0.3 is 10.2 Å². The quantitative estimate of drug-likeness (QED) is 0.629. The number of benzene rings is 1.